The summed E-state index contributed by atoms with van der Waals surface area (Å²) in [4.78, 5) is 11.4. The normalized spacial score (nSPS) is 16.7. The number of nitrogens with one attached hydrogen (secondary N) is 2. The number of anilines is 1. The molecule has 1 saturated heterocycles. The number of aliphatic imine (C=N–C) groups is 1. The molecule has 1 fully saturated rings. The molecule has 1 aromatic carbocycles. The first-order valence-electron chi connectivity index (χ1n) is 10.2. The molecule has 0 radical (unpaired) electrons. The number of ether oxygens (including phenoxy) is 1. The summed E-state index contributed by atoms with van der Waals surface area (Å²) < 4.78 is 18.9. The van der Waals surface area contributed by atoms with Crippen LogP contribution in [0.3, 0.4) is 0 Å². The van der Waals surface area contributed by atoms with Crippen LogP contribution in [0.2, 0.25) is 0 Å². The summed E-state index contributed by atoms with van der Waals surface area (Å²) in [5.74, 6) is 1.52. The van der Waals surface area contributed by atoms with Crippen LogP contribution in [-0.2, 0) is 17.7 Å². The van der Waals surface area contributed by atoms with Crippen molar-refractivity contribution in [3.63, 3.8) is 0 Å². The van der Waals surface area contributed by atoms with Crippen LogP contribution >= 0.6 is 24.0 Å². The van der Waals surface area contributed by atoms with E-state index < -0.39 is 0 Å². The summed E-state index contributed by atoms with van der Waals surface area (Å²) in [5, 5.41) is 6.57. The van der Waals surface area contributed by atoms with Crippen LogP contribution in [-0.4, -0.2) is 49.8 Å². The van der Waals surface area contributed by atoms with E-state index >= 15 is 0 Å². The van der Waals surface area contributed by atoms with E-state index in [1.807, 2.05) is 25.3 Å². The average Bonchev–Trinajstić information content (AvgIpc) is 2.72. The van der Waals surface area contributed by atoms with Gasteiger partial charge in [0.15, 0.2) is 5.96 Å². The van der Waals surface area contributed by atoms with Crippen molar-refractivity contribution < 1.29 is 9.13 Å². The van der Waals surface area contributed by atoms with Gasteiger partial charge in [0.1, 0.15) is 11.6 Å². The van der Waals surface area contributed by atoms with Crippen LogP contribution in [0.5, 0.6) is 0 Å². The molecule has 0 aliphatic carbocycles. The lowest BCUT2D eigenvalue weighted by Gasteiger charge is -2.32. The Labute approximate surface area is 195 Å². The van der Waals surface area contributed by atoms with Crippen LogP contribution < -0.4 is 15.5 Å². The second kappa shape index (κ2) is 12.7. The topological polar surface area (TPSA) is 61.8 Å². The van der Waals surface area contributed by atoms with Crippen molar-refractivity contribution in [1.82, 2.24) is 15.6 Å². The van der Waals surface area contributed by atoms with Gasteiger partial charge in [0.25, 0.3) is 0 Å². The van der Waals surface area contributed by atoms with E-state index in [-0.39, 0.29) is 35.9 Å². The first kappa shape index (κ1) is 24.3. The number of guanidine groups is 1. The number of nitrogens with zero attached hydrogens (tertiary/aromatic N) is 3. The number of morpholine rings is 1. The molecule has 6 nitrogen and oxygen atoms in total. The molecule has 1 atom stereocenters. The van der Waals surface area contributed by atoms with Crippen molar-refractivity contribution in [1.29, 1.82) is 0 Å². The summed E-state index contributed by atoms with van der Waals surface area (Å²) in [6, 6.07) is 10.8. The lowest BCUT2D eigenvalue weighted by atomic mass is 10.1. The summed E-state index contributed by atoms with van der Waals surface area (Å²) >= 11 is 0. The van der Waals surface area contributed by atoms with Gasteiger partial charge in [0, 0.05) is 32.4 Å². The van der Waals surface area contributed by atoms with E-state index in [2.05, 4.69) is 38.5 Å². The van der Waals surface area contributed by atoms with Crippen molar-refractivity contribution in [2.75, 3.05) is 37.7 Å². The number of benzene rings is 1. The standard InChI is InChI=1S/C22H30FN5O.HI/c1-3-24-22(26-10-7-18-5-4-6-20(23)13-18)27-15-19-8-9-25-21(14-19)28-11-12-29-17(2)16-28;/h4-6,8-9,13-14,17H,3,7,10-12,15-16H2,1-2H3,(H2,24,26,27);1H. The first-order chi connectivity index (χ1) is 14.1. The fraction of sp³-hybridized carbons (Fsp3) is 0.455. The van der Waals surface area contributed by atoms with Gasteiger partial charge in [-0.1, -0.05) is 12.1 Å². The third-order valence-electron chi connectivity index (χ3n) is 4.73. The van der Waals surface area contributed by atoms with Crippen molar-refractivity contribution in [2.45, 2.75) is 32.9 Å². The largest absolute Gasteiger partial charge is 0.375 e. The molecule has 0 amide bonds. The molecule has 1 unspecified atom stereocenters. The van der Waals surface area contributed by atoms with Gasteiger partial charge in [-0.3, -0.25) is 0 Å². The second-order valence-electron chi connectivity index (χ2n) is 7.15. The Bertz CT molecular complexity index is 820. The van der Waals surface area contributed by atoms with Crippen LogP contribution in [0.25, 0.3) is 0 Å². The lowest BCUT2D eigenvalue weighted by molar-refractivity contribution is 0.0529. The molecule has 1 aromatic heterocycles. The first-order valence-corrected chi connectivity index (χ1v) is 10.2. The highest BCUT2D eigenvalue weighted by Crippen LogP contribution is 2.17. The van der Waals surface area contributed by atoms with Crippen LogP contribution in [0.15, 0.2) is 47.6 Å². The molecule has 164 valence electrons. The minimum Gasteiger partial charge on any atom is -0.375 e. The quantitative estimate of drug-likeness (QED) is 0.329. The Morgan fingerprint density at radius 1 is 1.27 bits per heavy atom. The van der Waals surface area contributed by atoms with Gasteiger partial charge in [-0.05, 0) is 55.7 Å². The van der Waals surface area contributed by atoms with Crippen molar-refractivity contribution >= 4 is 35.8 Å². The number of aromatic nitrogens is 1. The van der Waals surface area contributed by atoms with Crippen LogP contribution in [0.4, 0.5) is 10.2 Å². The van der Waals surface area contributed by atoms with E-state index in [9.17, 15) is 4.39 Å². The van der Waals surface area contributed by atoms with Crippen LogP contribution in [0.1, 0.15) is 25.0 Å². The van der Waals surface area contributed by atoms with E-state index in [0.717, 1.165) is 55.6 Å². The Balaban J connectivity index is 0.00000320. The summed E-state index contributed by atoms with van der Waals surface area (Å²) in [6.45, 7) is 8.57. The third kappa shape index (κ3) is 7.71. The maximum atomic E-state index is 13.3. The molecule has 8 heteroatoms. The molecule has 1 aliphatic heterocycles. The van der Waals surface area contributed by atoms with E-state index in [4.69, 9.17) is 4.74 Å². The fourth-order valence-electron chi connectivity index (χ4n) is 3.29. The predicted molar refractivity (Wildman–Crippen MR) is 130 cm³/mol. The molecule has 1 aliphatic rings. The molecule has 30 heavy (non-hydrogen) atoms. The molecular weight excluding hydrogens is 496 g/mol. The molecule has 0 saturated carbocycles. The van der Waals surface area contributed by atoms with E-state index in [0.29, 0.717) is 13.1 Å². The van der Waals surface area contributed by atoms with Crippen molar-refractivity contribution in [2.24, 2.45) is 4.99 Å². The van der Waals surface area contributed by atoms with Crippen molar-refractivity contribution in [3.8, 4) is 0 Å². The van der Waals surface area contributed by atoms with Crippen molar-refractivity contribution in [3.05, 3.63) is 59.5 Å². The SMILES string of the molecule is CCNC(=NCc1ccnc(N2CCOC(C)C2)c1)NCCc1cccc(F)c1.I. The summed E-state index contributed by atoms with van der Waals surface area (Å²) in [6.07, 6.45) is 2.79. The van der Waals surface area contributed by atoms with Crippen LogP contribution in [0, 0.1) is 5.82 Å². The Kier molecular flexibility index (Phi) is 10.3. The Morgan fingerprint density at radius 2 is 2.13 bits per heavy atom. The molecule has 0 spiro atoms. The maximum Gasteiger partial charge on any atom is 0.191 e. The maximum absolute atomic E-state index is 13.3. The number of rotatable bonds is 7. The highest BCUT2D eigenvalue weighted by Gasteiger charge is 2.17. The Hall–Kier alpha value is -1.94. The molecule has 2 aromatic rings. The third-order valence-corrected chi connectivity index (χ3v) is 4.73. The minimum atomic E-state index is -0.203. The number of pyridine rings is 1. The minimum absolute atomic E-state index is 0. The molecule has 0 bridgehead atoms. The summed E-state index contributed by atoms with van der Waals surface area (Å²) in [7, 11) is 0. The van der Waals surface area contributed by atoms with Gasteiger partial charge in [-0.25, -0.2) is 14.4 Å². The highest BCUT2D eigenvalue weighted by atomic mass is 127. The van der Waals surface area contributed by atoms with E-state index in [1.165, 1.54) is 6.07 Å². The Morgan fingerprint density at radius 3 is 2.90 bits per heavy atom. The number of halogens is 2. The molecular formula is C22H31FIN5O. The van der Waals surface area contributed by atoms with Gasteiger partial charge < -0.3 is 20.3 Å². The zero-order valence-electron chi connectivity index (χ0n) is 17.6. The lowest BCUT2D eigenvalue weighted by Crippen LogP contribution is -2.41. The van der Waals surface area contributed by atoms with E-state index in [1.54, 1.807) is 12.1 Å². The van der Waals surface area contributed by atoms with Gasteiger partial charge in [0.2, 0.25) is 0 Å². The van der Waals surface area contributed by atoms with Gasteiger partial charge >= 0.3 is 0 Å². The van der Waals surface area contributed by atoms with Gasteiger partial charge in [-0.2, -0.15) is 0 Å². The highest BCUT2D eigenvalue weighted by molar-refractivity contribution is 14.0. The molecule has 2 N–H and O–H groups in total. The smallest absolute Gasteiger partial charge is 0.191 e. The summed E-state index contributed by atoms with van der Waals surface area (Å²) in [5.41, 5.74) is 2.07. The fourth-order valence-corrected chi connectivity index (χ4v) is 3.29. The monoisotopic (exact) mass is 527 g/mol. The molecule has 2 heterocycles. The average molecular weight is 527 g/mol. The zero-order valence-corrected chi connectivity index (χ0v) is 19.9. The number of hydrogen-bond donors (Lipinski definition) is 2. The van der Waals surface area contributed by atoms with Gasteiger partial charge in [0.05, 0.1) is 19.3 Å². The number of hydrogen-bond acceptors (Lipinski definition) is 4. The van der Waals surface area contributed by atoms with Gasteiger partial charge in [-0.15, -0.1) is 24.0 Å². The molecule has 3 rings (SSSR count). The zero-order chi connectivity index (χ0) is 20.5. The second-order valence-corrected chi connectivity index (χ2v) is 7.15. The predicted octanol–water partition coefficient (Wildman–Crippen LogP) is 3.36.